The van der Waals surface area contributed by atoms with Crippen LogP contribution in [0.3, 0.4) is 0 Å². The first-order valence-corrected chi connectivity index (χ1v) is 7.32. The quantitative estimate of drug-likeness (QED) is 0.841. The fourth-order valence-corrected chi connectivity index (χ4v) is 3.24. The lowest BCUT2D eigenvalue weighted by Crippen LogP contribution is -2.31. The fourth-order valence-electron chi connectivity index (χ4n) is 2.58. The second-order valence-electron chi connectivity index (χ2n) is 4.94. The second-order valence-corrected chi connectivity index (χ2v) is 5.66. The number of alkyl halides is 1. The van der Waals surface area contributed by atoms with Gasteiger partial charge in [-0.2, -0.15) is 0 Å². The van der Waals surface area contributed by atoms with Gasteiger partial charge in [0.2, 0.25) is 0 Å². The Labute approximate surface area is 122 Å². The molecule has 0 radical (unpaired) electrons. The van der Waals surface area contributed by atoms with Gasteiger partial charge in [0.05, 0.1) is 10.6 Å². The normalized spacial score (nSPS) is 22.5. The topological polar surface area (TPSA) is 29.1 Å². The number of hydrogen-bond acceptors (Lipinski definition) is 1. The van der Waals surface area contributed by atoms with Crippen molar-refractivity contribution < 1.29 is 9.18 Å². The molecule has 0 aromatic heterocycles. The van der Waals surface area contributed by atoms with E-state index < -0.39 is 5.82 Å². The van der Waals surface area contributed by atoms with Gasteiger partial charge in [0.1, 0.15) is 5.82 Å². The molecule has 0 aliphatic heterocycles. The van der Waals surface area contributed by atoms with E-state index in [0.717, 1.165) is 25.3 Å². The summed E-state index contributed by atoms with van der Waals surface area (Å²) < 4.78 is 12.9. The van der Waals surface area contributed by atoms with Gasteiger partial charge in [-0.15, -0.1) is 11.6 Å². The molecule has 0 saturated heterocycles. The number of benzene rings is 1. The average Bonchev–Trinajstić information content (AvgIpc) is 2.83. The van der Waals surface area contributed by atoms with Crippen LogP contribution in [0.4, 0.5) is 4.39 Å². The van der Waals surface area contributed by atoms with Crippen molar-refractivity contribution in [1.29, 1.82) is 0 Å². The summed E-state index contributed by atoms with van der Waals surface area (Å²) in [7, 11) is 0. The lowest BCUT2D eigenvalue weighted by Gasteiger charge is -2.17. The summed E-state index contributed by atoms with van der Waals surface area (Å²) in [5.41, 5.74) is 0.309. The van der Waals surface area contributed by atoms with E-state index in [1.165, 1.54) is 12.1 Å². The van der Waals surface area contributed by atoms with E-state index >= 15 is 0 Å². The van der Waals surface area contributed by atoms with Crippen LogP contribution in [-0.4, -0.2) is 18.3 Å². The van der Waals surface area contributed by atoms with Crippen LogP contribution in [-0.2, 0) is 0 Å². The molecule has 1 N–H and O–H groups in total. The van der Waals surface area contributed by atoms with Crippen molar-refractivity contribution >= 4 is 29.1 Å². The number of rotatable bonds is 4. The Morgan fingerprint density at radius 3 is 2.79 bits per heavy atom. The lowest BCUT2D eigenvalue weighted by molar-refractivity contribution is 0.0945. The molecule has 19 heavy (non-hydrogen) atoms. The van der Waals surface area contributed by atoms with Crippen LogP contribution in [0.25, 0.3) is 0 Å². The summed E-state index contributed by atoms with van der Waals surface area (Å²) in [4.78, 5) is 12.0. The minimum atomic E-state index is -0.445. The number of nitrogens with one attached hydrogen (secondary N) is 1. The Balaban J connectivity index is 1.94. The minimum Gasteiger partial charge on any atom is -0.352 e. The zero-order chi connectivity index (χ0) is 13.8. The van der Waals surface area contributed by atoms with E-state index in [0.29, 0.717) is 29.8 Å². The predicted molar refractivity (Wildman–Crippen MR) is 75.3 cm³/mol. The van der Waals surface area contributed by atoms with Gasteiger partial charge in [0, 0.05) is 12.4 Å². The van der Waals surface area contributed by atoms with Crippen LogP contribution in [0.1, 0.15) is 29.6 Å². The van der Waals surface area contributed by atoms with Crippen LogP contribution >= 0.6 is 23.2 Å². The summed E-state index contributed by atoms with van der Waals surface area (Å²) in [5.74, 6) is 0.841. The zero-order valence-electron chi connectivity index (χ0n) is 10.5. The molecule has 1 aliphatic carbocycles. The summed E-state index contributed by atoms with van der Waals surface area (Å²) >= 11 is 11.8. The molecule has 1 aromatic carbocycles. The maximum atomic E-state index is 12.9. The molecular weight excluding hydrogens is 288 g/mol. The van der Waals surface area contributed by atoms with Crippen LogP contribution in [0.5, 0.6) is 0 Å². The molecule has 0 spiro atoms. The molecule has 1 saturated carbocycles. The first-order valence-electron chi connectivity index (χ1n) is 6.41. The highest BCUT2D eigenvalue weighted by Crippen LogP contribution is 2.32. The number of hydrogen-bond donors (Lipinski definition) is 1. The van der Waals surface area contributed by atoms with E-state index in [1.54, 1.807) is 0 Å². The van der Waals surface area contributed by atoms with Gasteiger partial charge in [-0.25, -0.2) is 4.39 Å². The minimum absolute atomic E-state index is 0.137. The van der Waals surface area contributed by atoms with Gasteiger partial charge < -0.3 is 5.32 Å². The van der Waals surface area contributed by atoms with Crippen molar-refractivity contribution in [1.82, 2.24) is 5.32 Å². The van der Waals surface area contributed by atoms with E-state index in [-0.39, 0.29) is 10.9 Å². The highest BCUT2D eigenvalue weighted by atomic mass is 35.5. The van der Waals surface area contributed by atoms with E-state index in [4.69, 9.17) is 23.2 Å². The van der Waals surface area contributed by atoms with E-state index in [9.17, 15) is 9.18 Å². The standard InChI is InChI=1S/C14H16Cl2FNO/c15-7-9-2-1-3-10(9)8-18-14(19)12-5-4-11(17)6-13(12)16/h4-6,9-10H,1-3,7-8H2,(H,18,19). The van der Waals surface area contributed by atoms with Crippen molar-refractivity contribution in [2.45, 2.75) is 19.3 Å². The van der Waals surface area contributed by atoms with Gasteiger partial charge in [0.15, 0.2) is 0 Å². The highest BCUT2D eigenvalue weighted by Gasteiger charge is 2.26. The molecule has 2 atom stereocenters. The number of amides is 1. The van der Waals surface area contributed by atoms with E-state index in [1.807, 2.05) is 0 Å². The van der Waals surface area contributed by atoms with Crippen molar-refractivity contribution in [3.05, 3.63) is 34.6 Å². The molecule has 1 amide bonds. The third-order valence-corrected chi connectivity index (χ3v) is 4.42. The Kier molecular flexibility index (Phi) is 5.06. The molecular formula is C14H16Cl2FNO. The molecule has 2 unspecified atom stereocenters. The number of carbonyl (C=O) groups excluding carboxylic acids is 1. The third kappa shape index (κ3) is 3.61. The Bertz CT molecular complexity index is 467. The molecule has 1 aliphatic rings. The van der Waals surface area contributed by atoms with Crippen molar-refractivity contribution in [3.63, 3.8) is 0 Å². The van der Waals surface area contributed by atoms with Gasteiger partial charge >= 0.3 is 0 Å². The first-order chi connectivity index (χ1) is 9.11. The Morgan fingerprint density at radius 2 is 2.11 bits per heavy atom. The zero-order valence-corrected chi connectivity index (χ0v) is 12.0. The summed E-state index contributed by atoms with van der Waals surface area (Å²) in [6.45, 7) is 0.601. The summed E-state index contributed by atoms with van der Waals surface area (Å²) in [6, 6.07) is 3.78. The van der Waals surface area contributed by atoms with Gasteiger partial charge in [-0.3, -0.25) is 4.79 Å². The second kappa shape index (κ2) is 6.58. The Morgan fingerprint density at radius 1 is 1.37 bits per heavy atom. The molecule has 0 heterocycles. The lowest BCUT2D eigenvalue weighted by atomic mass is 9.98. The molecule has 0 bridgehead atoms. The van der Waals surface area contributed by atoms with Gasteiger partial charge in [0.25, 0.3) is 5.91 Å². The molecule has 5 heteroatoms. The Hall–Kier alpha value is -0.800. The summed E-state index contributed by atoms with van der Waals surface area (Å²) in [5, 5.41) is 3.00. The number of halogens is 3. The maximum Gasteiger partial charge on any atom is 0.252 e. The number of carbonyl (C=O) groups is 1. The van der Waals surface area contributed by atoms with Gasteiger partial charge in [-0.1, -0.05) is 18.0 Å². The third-order valence-electron chi connectivity index (χ3n) is 3.72. The molecule has 1 fully saturated rings. The monoisotopic (exact) mass is 303 g/mol. The maximum absolute atomic E-state index is 12.9. The van der Waals surface area contributed by atoms with Crippen molar-refractivity contribution in [2.24, 2.45) is 11.8 Å². The van der Waals surface area contributed by atoms with Crippen LogP contribution < -0.4 is 5.32 Å². The fraction of sp³-hybridized carbons (Fsp3) is 0.500. The largest absolute Gasteiger partial charge is 0.352 e. The van der Waals surface area contributed by atoms with Crippen LogP contribution in [0.2, 0.25) is 5.02 Å². The molecule has 2 nitrogen and oxygen atoms in total. The van der Waals surface area contributed by atoms with Crippen molar-refractivity contribution in [3.8, 4) is 0 Å². The first kappa shape index (κ1) is 14.6. The van der Waals surface area contributed by atoms with Crippen LogP contribution in [0.15, 0.2) is 18.2 Å². The molecule has 1 aromatic rings. The smallest absolute Gasteiger partial charge is 0.252 e. The van der Waals surface area contributed by atoms with Crippen molar-refractivity contribution in [2.75, 3.05) is 12.4 Å². The summed E-state index contributed by atoms with van der Waals surface area (Å²) in [6.07, 6.45) is 3.38. The predicted octanol–water partition coefficient (Wildman–Crippen LogP) is 3.86. The average molecular weight is 304 g/mol. The molecule has 104 valence electrons. The van der Waals surface area contributed by atoms with Crippen LogP contribution in [0, 0.1) is 17.7 Å². The SMILES string of the molecule is O=C(NCC1CCCC1CCl)c1ccc(F)cc1Cl. The van der Waals surface area contributed by atoms with Gasteiger partial charge in [-0.05, 0) is 42.9 Å². The van der Waals surface area contributed by atoms with E-state index in [2.05, 4.69) is 5.32 Å². The highest BCUT2D eigenvalue weighted by molar-refractivity contribution is 6.33. The molecule has 2 rings (SSSR count).